The van der Waals surface area contributed by atoms with E-state index in [0.717, 1.165) is 31.7 Å². The van der Waals surface area contributed by atoms with E-state index in [1.165, 1.54) is 0 Å². The number of aromatic nitrogens is 1. The first-order valence-corrected chi connectivity index (χ1v) is 7.75. The van der Waals surface area contributed by atoms with Gasteiger partial charge < -0.3 is 14.7 Å². The van der Waals surface area contributed by atoms with Gasteiger partial charge in [0.25, 0.3) is 5.91 Å². The van der Waals surface area contributed by atoms with Crippen LogP contribution >= 0.6 is 0 Å². The second-order valence-electron chi connectivity index (χ2n) is 6.22. The molecule has 0 aliphatic carbocycles. The van der Waals surface area contributed by atoms with E-state index in [-0.39, 0.29) is 5.91 Å². The van der Waals surface area contributed by atoms with Crippen molar-refractivity contribution in [2.75, 3.05) is 26.2 Å². The van der Waals surface area contributed by atoms with Gasteiger partial charge in [0, 0.05) is 31.7 Å². The van der Waals surface area contributed by atoms with E-state index in [1.807, 2.05) is 42.2 Å². The minimum Gasteiger partial charge on any atom is -0.360 e. The van der Waals surface area contributed by atoms with Gasteiger partial charge in [-0.15, -0.1) is 0 Å². The van der Waals surface area contributed by atoms with Crippen LogP contribution in [0.15, 0.2) is 34.9 Å². The van der Waals surface area contributed by atoms with Crippen LogP contribution in [-0.2, 0) is 0 Å². The Morgan fingerprint density at radius 3 is 2.59 bits per heavy atom. The molecule has 2 atom stereocenters. The molecule has 2 fully saturated rings. The van der Waals surface area contributed by atoms with Crippen LogP contribution in [0.1, 0.15) is 16.1 Å². The molecular formula is C17H19N3O2. The van der Waals surface area contributed by atoms with Crippen molar-refractivity contribution in [2.45, 2.75) is 6.92 Å². The Morgan fingerprint density at radius 2 is 1.91 bits per heavy atom. The van der Waals surface area contributed by atoms with Gasteiger partial charge in [-0.1, -0.05) is 35.5 Å². The van der Waals surface area contributed by atoms with E-state index in [0.29, 0.717) is 28.9 Å². The molecule has 4 rings (SSSR count). The van der Waals surface area contributed by atoms with Gasteiger partial charge in [0.1, 0.15) is 17.0 Å². The molecule has 22 heavy (non-hydrogen) atoms. The Labute approximate surface area is 129 Å². The molecule has 114 valence electrons. The molecule has 1 amide bonds. The lowest BCUT2D eigenvalue weighted by molar-refractivity contribution is 0.0780. The first-order valence-electron chi connectivity index (χ1n) is 7.75. The van der Waals surface area contributed by atoms with Gasteiger partial charge in [-0.05, 0) is 18.8 Å². The largest absolute Gasteiger partial charge is 0.360 e. The first-order chi connectivity index (χ1) is 10.7. The van der Waals surface area contributed by atoms with Crippen molar-refractivity contribution in [1.82, 2.24) is 15.4 Å². The summed E-state index contributed by atoms with van der Waals surface area (Å²) in [6.45, 7) is 5.50. The zero-order valence-electron chi connectivity index (χ0n) is 12.6. The summed E-state index contributed by atoms with van der Waals surface area (Å²) in [5.41, 5.74) is 2.18. The van der Waals surface area contributed by atoms with E-state index >= 15 is 0 Å². The fourth-order valence-electron chi connectivity index (χ4n) is 3.60. The molecule has 5 nitrogen and oxygen atoms in total. The third kappa shape index (κ3) is 2.13. The Balaban J connectivity index is 1.65. The van der Waals surface area contributed by atoms with Crippen molar-refractivity contribution in [2.24, 2.45) is 11.8 Å². The summed E-state index contributed by atoms with van der Waals surface area (Å²) >= 11 is 0. The standard InChI is InChI=1S/C17H19N3O2/c1-11-15(16(19-22-11)12-5-3-2-4-6-12)17(21)20-9-13-7-18-8-14(13)10-20/h2-6,13-14,18H,7-10H2,1H3/t13-,14+. The molecule has 0 spiro atoms. The van der Waals surface area contributed by atoms with Gasteiger partial charge in [-0.3, -0.25) is 4.79 Å². The van der Waals surface area contributed by atoms with Gasteiger partial charge in [0.05, 0.1) is 0 Å². The second kappa shape index (κ2) is 5.25. The summed E-state index contributed by atoms with van der Waals surface area (Å²) in [7, 11) is 0. The normalized spacial score (nSPS) is 23.8. The highest BCUT2D eigenvalue weighted by Crippen LogP contribution is 2.31. The van der Waals surface area contributed by atoms with Crippen LogP contribution in [0.2, 0.25) is 0 Å². The lowest BCUT2D eigenvalue weighted by Crippen LogP contribution is -2.32. The number of hydrogen-bond donors (Lipinski definition) is 1. The first kappa shape index (κ1) is 13.5. The predicted molar refractivity (Wildman–Crippen MR) is 82.4 cm³/mol. The van der Waals surface area contributed by atoms with E-state index in [2.05, 4.69) is 10.5 Å². The van der Waals surface area contributed by atoms with Gasteiger partial charge in [0.15, 0.2) is 0 Å². The maximum absolute atomic E-state index is 13.0. The molecule has 3 heterocycles. The summed E-state index contributed by atoms with van der Waals surface area (Å²) < 4.78 is 5.31. The highest BCUT2D eigenvalue weighted by Gasteiger charge is 2.39. The fraction of sp³-hybridized carbons (Fsp3) is 0.412. The van der Waals surface area contributed by atoms with Crippen LogP contribution < -0.4 is 5.32 Å². The molecular weight excluding hydrogens is 278 g/mol. The van der Waals surface area contributed by atoms with Crippen LogP contribution in [0.25, 0.3) is 11.3 Å². The number of benzene rings is 1. The summed E-state index contributed by atoms with van der Waals surface area (Å²) in [5.74, 6) is 1.82. The average molecular weight is 297 g/mol. The van der Waals surface area contributed by atoms with Crippen molar-refractivity contribution < 1.29 is 9.32 Å². The molecule has 0 saturated carbocycles. The van der Waals surface area contributed by atoms with Gasteiger partial charge in [-0.25, -0.2) is 0 Å². The molecule has 0 radical (unpaired) electrons. The van der Waals surface area contributed by atoms with Crippen LogP contribution in [-0.4, -0.2) is 42.1 Å². The van der Waals surface area contributed by atoms with Crippen molar-refractivity contribution >= 4 is 5.91 Å². The average Bonchev–Trinajstić information content (AvgIpc) is 3.21. The molecule has 0 bridgehead atoms. The summed E-state index contributed by atoms with van der Waals surface area (Å²) in [6, 6.07) is 9.75. The van der Waals surface area contributed by atoms with Crippen LogP contribution in [0.5, 0.6) is 0 Å². The number of hydrogen-bond acceptors (Lipinski definition) is 4. The number of rotatable bonds is 2. The van der Waals surface area contributed by atoms with E-state index < -0.39 is 0 Å². The van der Waals surface area contributed by atoms with Crippen LogP contribution in [0, 0.1) is 18.8 Å². The summed E-state index contributed by atoms with van der Waals surface area (Å²) in [5, 5.41) is 7.51. The zero-order chi connectivity index (χ0) is 15.1. The van der Waals surface area contributed by atoms with Crippen LogP contribution in [0.4, 0.5) is 0 Å². The maximum atomic E-state index is 13.0. The third-order valence-electron chi connectivity index (χ3n) is 4.80. The monoisotopic (exact) mass is 297 g/mol. The molecule has 1 N–H and O–H groups in total. The second-order valence-corrected chi connectivity index (χ2v) is 6.22. The summed E-state index contributed by atoms with van der Waals surface area (Å²) in [4.78, 5) is 14.9. The van der Waals surface area contributed by atoms with Gasteiger partial charge >= 0.3 is 0 Å². The highest BCUT2D eigenvalue weighted by atomic mass is 16.5. The fourth-order valence-corrected chi connectivity index (χ4v) is 3.60. The molecule has 2 saturated heterocycles. The number of carbonyl (C=O) groups is 1. The molecule has 2 aliphatic rings. The van der Waals surface area contributed by atoms with Crippen LogP contribution in [0.3, 0.4) is 0 Å². The Bertz CT molecular complexity index is 683. The van der Waals surface area contributed by atoms with E-state index in [4.69, 9.17) is 4.52 Å². The minimum atomic E-state index is 0.0482. The van der Waals surface area contributed by atoms with Gasteiger partial charge in [-0.2, -0.15) is 0 Å². The number of carbonyl (C=O) groups excluding carboxylic acids is 1. The van der Waals surface area contributed by atoms with Crippen molar-refractivity contribution in [1.29, 1.82) is 0 Å². The third-order valence-corrected chi connectivity index (χ3v) is 4.80. The Hall–Kier alpha value is -2.14. The molecule has 5 heteroatoms. The molecule has 1 aromatic carbocycles. The molecule has 1 aromatic heterocycles. The Kier molecular flexibility index (Phi) is 3.22. The lowest BCUT2D eigenvalue weighted by Gasteiger charge is -2.17. The van der Waals surface area contributed by atoms with Gasteiger partial charge in [0.2, 0.25) is 0 Å². The van der Waals surface area contributed by atoms with Crippen molar-refractivity contribution in [3.05, 3.63) is 41.7 Å². The van der Waals surface area contributed by atoms with Crippen molar-refractivity contribution in [3.63, 3.8) is 0 Å². The number of likely N-dealkylation sites (tertiary alicyclic amines) is 1. The number of nitrogens with one attached hydrogen (secondary N) is 1. The zero-order valence-corrected chi connectivity index (χ0v) is 12.6. The maximum Gasteiger partial charge on any atom is 0.259 e. The predicted octanol–water partition coefficient (Wildman–Crippen LogP) is 1.94. The minimum absolute atomic E-state index is 0.0482. The lowest BCUT2D eigenvalue weighted by atomic mass is 10.0. The molecule has 0 unspecified atom stereocenters. The van der Waals surface area contributed by atoms with E-state index in [9.17, 15) is 4.79 Å². The van der Waals surface area contributed by atoms with E-state index in [1.54, 1.807) is 0 Å². The number of aryl methyl sites for hydroxylation is 1. The topological polar surface area (TPSA) is 58.4 Å². The summed E-state index contributed by atoms with van der Waals surface area (Å²) in [6.07, 6.45) is 0. The quantitative estimate of drug-likeness (QED) is 0.920. The number of nitrogens with zero attached hydrogens (tertiary/aromatic N) is 2. The number of amides is 1. The Morgan fingerprint density at radius 1 is 1.23 bits per heavy atom. The molecule has 2 aliphatic heterocycles. The SMILES string of the molecule is Cc1onc(-c2ccccc2)c1C(=O)N1C[C@H]2CNC[C@H]2C1. The smallest absolute Gasteiger partial charge is 0.259 e. The number of fused-ring (bicyclic) bond motifs is 1. The highest BCUT2D eigenvalue weighted by molar-refractivity contribution is 6.00. The molecule has 2 aromatic rings. The van der Waals surface area contributed by atoms with Crippen molar-refractivity contribution in [3.8, 4) is 11.3 Å².